The van der Waals surface area contributed by atoms with Gasteiger partial charge in [0.25, 0.3) is 0 Å². The highest BCUT2D eigenvalue weighted by Crippen LogP contribution is 2.22. The SMILES string of the molecule is N#Cc1cccc(OCCC2CCN(C(=O)OCc3nccs3)CC2)c1. The van der Waals surface area contributed by atoms with E-state index in [4.69, 9.17) is 14.7 Å². The monoisotopic (exact) mass is 371 g/mol. The lowest BCUT2D eigenvalue weighted by atomic mass is 9.94. The number of ether oxygens (including phenoxy) is 2. The van der Waals surface area contributed by atoms with E-state index in [0.717, 1.165) is 30.0 Å². The van der Waals surface area contributed by atoms with Crippen LogP contribution in [0.5, 0.6) is 5.75 Å². The average Bonchev–Trinajstić information content (AvgIpc) is 3.20. The van der Waals surface area contributed by atoms with Gasteiger partial charge in [-0.15, -0.1) is 11.3 Å². The van der Waals surface area contributed by atoms with E-state index >= 15 is 0 Å². The largest absolute Gasteiger partial charge is 0.494 e. The number of thiazole rings is 1. The molecule has 2 heterocycles. The van der Waals surface area contributed by atoms with Gasteiger partial charge in [0.15, 0.2) is 0 Å². The van der Waals surface area contributed by atoms with Crippen LogP contribution in [0.4, 0.5) is 4.79 Å². The summed E-state index contributed by atoms with van der Waals surface area (Å²) in [5, 5.41) is 11.6. The normalized spacial score (nSPS) is 14.7. The Labute approximate surface area is 157 Å². The van der Waals surface area contributed by atoms with E-state index in [1.54, 1.807) is 23.2 Å². The first-order valence-electron chi connectivity index (χ1n) is 8.67. The third kappa shape index (κ3) is 5.20. The van der Waals surface area contributed by atoms with Gasteiger partial charge in [-0.25, -0.2) is 9.78 Å². The van der Waals surface area contributed by atoms with Crippen LogP contribution in [-0.4, -0.2) is 35.7 Å². The van der Waals surface area contributed by atoms with E-state index in [2.05, 4.69) is 11.1 Å². The van der Waals surface area contributed by atoms with Crippen molar-refractivity contribution in [1.29, 1.82) is 5.26 Å². The lowest BCUT2D eigenvalue weighted by Crippen LogP contribution is -2.39. The summed E-state index contributed by atoms with van der Waals surface area (Å²) in [7, 11) is 0. The van der Waals surface area contributed by atoms with Gasteiger partial charge in [0, 0.05) is 24.7 Å². The molecular weight excluding hydrogens is 350 g/mol. The molecule has 7 heteroatoms. The Bertz CT molecular complexity index is 750. The Hall–Kier alpha value is -2.59. The predicted octanol–water partition coefficient (Wildman–Crippen LogP) is 3.83. The average molecular weight is 371 g/mol. The van der Waals surface area contributed by atoms with Gasteiger partial charge >= 0.3 is 6.09 Å². The molecule has 1 aromatic carbocycles. The van der Waals surface area contributed by atoms with Crippen LogP contribution in [0.3, 0.4) is 0 Å². The molecular formula is C19H21N3O3S. The van der Waals surface area contributed by atoms with Gasteiger partial charge in [-0.2, -0.15) is 5.26 Å². The summed E-state index contributed by atoms with van der Waals surface area (Å²) in [5.41, 5.74) is 0.604. The number of carbonyl (C=O) groups is 1. The number of benzene rings is 1. The maximum absolute atomic E-state index is 12.1. The van der Waals surface area contributed by atoms with Crippen molar-refractivity contribution in [2.75, 3.05) is 19.7 Å². The van der Waals surface area contributed by atoms with Crippen LogP contribution in [0.2, 0.25) is 0 Å². The highest BCUT2D eigenvalue weighted by molar-refractivity contribution is 7.09. The molecule has 0 aliphatic carbocycles. The second kappa shape index (κ2) is 9.20. The summed E-state index contributed by atoms with van der Waals surface area (Å²) in [5.74, 6) is 1.27. The summed E-state index contributed by atoms with van der Waals surface area (Å²) >= 11 is 1.48. The van der Waals surface area contributed by atoms with Crippen LogP contribution in [-0.2, 0) is 11.3 Å². The van der Waals surface area contributed by atoms with Crippen LogP contribution in [0.1, 0.15) is 29.8 Å². The first-order valence-corrected chi connectivity index (χ1v) is 9.55. The first kappa shape index (κ1) is 18.2. The van der Waals surface area contributed by atoms with E-state index in [1.165, 1.54) is 11.3 Å². The van der Waals surface area contributed by atoms with E-state index in [1.807, 2.05) is 17.5 Å². The van der Waals surface area contributed by atoms with Gasteiger partial charge < -0.3 is 14.4 Å². The Morgan fingerprint density at radius 3 is 2.96 bits per heavy atom. The molecule has 0 spiro atoms. The van der Waals surface area contributed by atoms with Crippen LogP contribution >= 0.6 is 11.3 Å². The second-order valence-electron chi connectivity index (χ2n) is 6.19. The summed E-state index contributed by atoms with van der Waals surface area (Å²) in [4.78, 5) is 18.0. The molecule has 1 aliphatic rings. The van der Waals surface area contributed by atoms with E-state index < -0.39 is 0 Å². The molecule has 1 saturated heterocycles. The number of hydrogen-bond donors (Lipinski definition) is 0. The van der Waals surface area contributed by atoms with Crippen LogP contribution in [0.15, 0.2) is 35.8 Å². The van der Waals surface area contributed by atoms with Crippen molar-refractivity contribution in [1.82, 2.24) is 9.88 Å². The Kier molecular flexibility index (Phi) is 6.45. The van der Waals surface area contributed by atoms with Crippen molar-refractivity contribution < 1.29 is 14.3 Å². The molecule has 0 radical (unpaired) electrons. The van der Waals surface area contributed by atoms with Gasteiger partial charge in [-0.05, 0) is 43.4 Å². The molecule has 26 heavy (non-hydrogen) atoms. The number of piperidine rings is 1. The molecule has 1 amide bonds. The zero-order valence-corrected chi connectivity index (χ0v) is 15.3. The minimum Gasteiger partial charge on any atom is -0.494 e. The maximum Gasteiger partial charge on any atom is 0.410 e. The number of rotatable bonds is 6. The van der Waals surface area contributed by atoms with Crippen molar-refractivity contribution >= 4 is 17.4 Å². The van der Waals surface area contributed by atoms with Crippen molar-refractivity contribution in [2.45, 2.75) is 25.9 Å². The zero-order chi connectivity index (χ0) is 18.2. The predicted molar refractivity (Wildman–Crippen MR) is 97.9 cm³/mol. The molecule has 0 atom stereocenters. The van der Waals surface area contributed by atoms with Crippen molar-refractivity contribution in [3.8, 4) is 11.8 Å². The Morgan fingerprint density at radius 1 is 1.38 bits per heavy atom. The van der Waals surface area contributed by atoms with Crippen LogP contribution in [0.25, 0.3) is 0 Å². The number of carbonyl (C=O) groups excluding carboxylic acids is 1. The summed E-state index contributed by atoms with van der Waals surface area (Å²) < 4.78 is 11.0. The van der Waals surface area contributed by atoms with E-state index in [0.29, 0.717) is 31.2 Å². The summed E-state index contributed by atoms with van der Waals surface area (Å²) in [6, 6.07) is 9.31. The molecule has 1 aromatic heterocycles. The fraction of sp³-hybridized carbons (Fsp3) is 0.421. The van der Waals surface area contributed by atoms with Gasteiger partial charge in [0.05, 0.1) is 18.2 Å². The quantitative estimate of drug-likeness (QED) is 0.771. The van der Waals surface area contributed by atoms with Crippen LogP contribution in [0, 0.1) is 17.2 Å². The molecule has 6 nitrogen and oxygen atoms in total. The molecule has 0 bridgehead atoms. The molecule has 1 fully saturated rings. The first-order chi connectivity index (χ1) is 12.7. The molecule has 3 rings (SSSR count). The fourth-order valence-corrected chi connectivity index (χ4v) is 3.47. The highest BCUT2D eigenvalue weighted by atomic mass is 32.1. The van der Waals surface area contributed by atoms with Crippen molar-refractivity contribution in [3.63, 3.8) is 0 Å². The minimum atomic E-state index is -0.261. The standard InChI is InChI=1S/C19H21N3O3S/c20-13-16-2-1-3-17(12-16)24-10-6-15-4-8-22(9-5-15)19(23)25-14-18-21-7-11-26-18/h1-3,7,11-12,15H,4-6,8-10,14H2. The number of nitriles is 1. The Balaban J connectivity index is 1.34. The number of likely N-dealkylation sites (tertiary alicyclic amines) is 1. The lowest BCUT2D eigenvalue weighted by molar-refractivity contribution is 0.0799. The molecule has 0 saturated carbocycles. The highest BCUT2D eigenvalue weighted by Gasteiger charge is 2.23. The smallest absolute Gasteiger partial charge is 0.410 e. The number of aromatic nitrogens is 1. The lowest BCUT2D eigenvalue weighted by Gasteiger charge is -2.31. The van der Waals surface area contributed by atoms with Gasteiger partial charge in [0.2, 0.25) is 0 Å². The number of amides is 1. The van der Waals surface area contributed by atoms with Crippen LogP contribution < -0.4 is 4.74 Å². The van der Waals surface area contributed by atoms with Gasteiger partial charge in [0.1, 0.15) is 17.4 Å². The molecule has 0 unspecified atom stereocenters. The molecule has 136 valence electrons. The third-order valence-electron chi connectivity index (χ3n) is 4.43. The van der Waals surface area contributed by atoms with Crippen molar-refractivity contribution in [2.24, 2.45) is 5.92 Å². The number of nitrogens with zero attached hydrogens (tertiary/aromatic N) is 3. The molecule has 0 N–H and O–H groups in total. The molecule has 1 aliphatic heterocycles. The molecule has 2 aromatic rings. The zero-order valence-electron chi connectivity index (χ0n) is 14.5. The summed E-state index contributed by atoms with van der Waals surface area (Å²) in [6.45, 7) is 2.29. The van der Waals surface area contributed by atoms with Crippen molar-refractivity contribution in [3.05, 3.63) is 46.4 Å². The summed E-state index contributed by atoms with van der Waals surface area (Å²) in [6.07, 6.45) is 4.29. The van der Waals surface area contributed by atoms with Gasteiger partial charge in [-0.3, -0.25) is 0 Å². The van der Waals surface area contributed by atoms with E-state index in [-0.39, 0.29) is 12.7 Å². The fourth-order valence-electron chi connectivity index (χ4n) is 2.94. The second-order valence-corrected chi connectivity index (χ2v) is 7.17. The number of hydrogen-bond acceptors (Lipinski definition) is 6. The third-order valence-corrected chi connectivity index (χ3v) is 5.19. The Morgan fingerprint density at radius 2 is 2.23 bits per heavy atom. The van der Waals surface area contributed by atoms with E-state index in [9.17, 15) is 4.79 Å². The maximum atomic E-state index is 12.1. The minimum absolute atomic E-state index is 0.242. The van der Waals surface area contributed by atoms with Gasteiger partial charge in [-0.1, -0.05) is 6.07 Å². The topological polar surface area (TPSA) is 75.5 Å².